The molecular weight excluding hydrogens is 651 g/mol. The van der Waals surface area contributed by atoms with Crippen LogP contribution >= 0.6 is 22.6 Å². The lowest BCUT2D eigenvalue weighted by molar-refractivity contribution is -0.148. The van der Waals surface area contributed by atoms with E-state index in [0.29, 0.717) is 51.0 Å². The molecule has 2 amide bonds. The second-order valence-electron chi connectivity index (χ2n) is 12.6. The average molecular weight is 699 g/mol. The molecular formula is C32H47IN2O7. The molecule has 4 aliphatic rings. The first-order valence-corrected chi connectivity index (χ1v) is 16.3. The first kappa shape index (κ1) is 33.0. The Bertz CT molecular complexity index is 1150. The van der Waals surface area contributed by atoms with E-state index in [0.717, 1.165) is 31.6 Å². The predicted octanol–water partition coefficient (Wildman–Crippen LogP) is 3.80. The van der Waals surface area contributed by atoms with Crippen LogP contribution in [-0.2, 0) is 16.2 Å². The van der Waals surface area contributed by atoms with Gasteiger partial charge in [-0.2, -0.15) is 0 Å². The molecule has 6 atom stereocenters. The molecule has 42 heavy (non-hydrogen) atoms. The second kappa shape index (κ2) is 14.3. The standard InChI is InChI=1S/C32H47IN2O7/c1-5-6-7-28(38)35(17-20-8-9-22-16-23(20)32(22,2)3)25-14-21(31(40)34-10-11-36)15-26(29(25)39)42-30-24(33)12-19(18-37)13-27(30)41-4/h12-13,15,20,22-23,25-26,29,36-37,39H,5-11,14,16-18H2,1-4H3,(H,34,40)/t20-,22-,23-,25+,26-,29-/m0/s1. The van der Waals surface area contributed by atoms with Crippen molar-refractivity contribution < 1.29 is 34.4 Å². The maximum absolute atomic E-state index is 13.8. The molecule has 0 spiro atoms. The van der Waals surface area contributed by atoms with E-state index in [9.17, 15) is 24.9 Å². The van der Waals surface area contributed by atoms with Gasteiger partial charge >= 0.3 is 0 Å². The number of fused-ring (bicyclic) bond motifs is 2. The van der Waals surface area contributed by atoms with Gasteiger partial charge in [0.25, 0.3) is 0 Å². The third kappa shape index (κ3) is 6.92. The van der Waals surface area contributed by atoms with Gasteiger partial charge in [-0.05, 0) is 95.2 Å². The molecule has 5 rings (SSSR count). The van der Waals surface area contributed by atoms with Crippen molar-refractivity contribution in [3.05, 3.63) is 32.9 Å². The minimum atomic E-state index is -1.09. The van der Waals surface area contributed by atoms with E-state index in [1.54, 1.807) is 18.2 Å². The van der Waals surface area contributed by atoms with Gasteiger partial charge in [0, 0.05) is 31.5 Å². The van der Waals surface area contributed by atoms with Crippen molar-refractivity contribution in [3.63, 3.8) is 0 Å². The van der Waals surface area contributed by atoms with Gasteiger partial charge in [-0.25, -0.2) is 0 Å². The summed E-state index contributed by atoms with van der Waals surface area (Å²) in [4.78, 5) is 28.9. The number of amides is 2. The van der Waals surface area contributed by atoms with E-state index in [2.05, 4.69) is 48.7 Å². The van der Waals surface area contributed by atoms with Crippen LogP contribution in [-0.4, -0.2) is 77.1 Å². The molecule has 0 radical (unpaired) electrons. The SMILES string of the molecule is CCCCC(=O)N(C[C@@H]1CC[C@H]2C[C@@H]1C2(C)C)[C@@H]1CC(C(=O)NCCO)=C[C@H](Oc2c(I)cc(CO)cc2OC)[C@H]1O. The van der Waals surface area contributed by atoms with Crippen LogP contribution in [0.5, 0.6) is 11.5 Å². The van der Waals surface area contributed by atoms with Gasteiger partial charge in [0.1, 0.15) is 12.2 Å². The summed E-state index contributed by atoms with van der Waals surface area (Å²) in [5, 5.41) is 33.5. The predicted molar refractivity (Wildman–Crippen MR) is 168 cm³/mol. The number of nitrogens with zero attached hydrogens (tertiary/aromatic N) is 1. The summed E-state index contributed by atoms with van der Waals surface area (Å²) in [7, 11) is 1.51. The summed E-state index contributed by atoms with van der Waals surface area (Å²) in [5.74, 6) is 2.05. The van der Waals surface area contributed by atoms with Gasteiger partial charge in [-0.1, -0.05) is 27.2 Å². The van der Waals surface area contributed by atoms with Crippen LogP contribution in [0.15, 0.2) is 23.8 Å². The highest BCUT2D eigenvalue weighted by atomic mass is 127. The maximum atomic E-state index is 13.8. The Labute approximate surface area is 263 Å². The number of benzene rings is 1. The van der Waals surface area contributed by atoms with Crippen LogP contribution in [0.25, 0.3) is 0 Å². The van der Waals surface area contributed by atoms with Crippen LogP contribution in [0.3, 0.4) is 0 Å². The Hall–Kier alpha value is -1.89. The summed E-state index contributed by atoms with van der Waals surface area (Å²) < 4.78 is 12.6. The van der Waals surface area contributed by atoms with E-state index in [4.69, 9.17) is 9.47 Å². The first-order valence-electron chi connectivity index (χ1n) is 15.3. The summed E-state index contributed by atoms with van der Waals surface area (Å²) in [6, 6.07) is 2.81. The number of carbonyl (C=O) groups is 2. The molecule has 2 bridgehead atoms. The number of nitrogens with one attached hydrogen (secondary N) is 1. The molecule has 10 heteroatoms. The Morgan fingerprint density at radius 1 is 1.21 bits per heavy atom. The highest BCUT2D eigenvalue weighted by Gasteiger charge is 2.55. The van der Waals surface area contributed by atoms with Crippen molar-refractivity contribution in [2.75, 3.05) is 26.8 Å². The van der Waals surface area contributed by atoms with Gasteiger partial charge < -0.3 is 35.0 Å². The number of hydrogen-bond donors (Lipinski definition) is 4. The molecule has 1 aromatic carbocycles. The Morgan fingerprint density at radius 3 is 2.60 bits per heavy atom. The molecule has 0 unspecified atom stereocenters. The molecule has 4 aliphatic carbocycles. The van der Waals surface area contributed by atoms with E-state index in [-0.39, 0.29) is 43.4 Å². The molecule has 1 aromatic rings. The zero-order valence-corrected chi connectivity index (χ0v) is 27.4. The van der Waals surface area contributed by atoms with Crippen LogP contribution in [0, 0.1) is 26.7 Å². The maximum Gasteiger partial charge on any atom is 0.247 e. The van der Waals surface area contributed by atoms with Crippen molar-refractivity contribution >= 4 is 34.4 Å². The van der Waals surface area contributed by atoms with E-state index in [1.807, 2.05) is 4.90 Å². The van der Waals surface area contributed by atoms with Crippen molar-refractivity contribution in [1.29, 1.82) is 0 Å². The number of halogens is 1. The molecule has 0 heterocycles. The highest BCUT2D eigenvalue weighted by Crippen LogP contribution is 2.61. The summed E-state index contributed by atoms with van der Waals surface area (Å²) in [6.45, 7) is 7.02. The quantitative estimate of drug-likeness (QED) is 0.231. The number of aliphatic hydroxyl groups excluding tert-OH is 3. The zero-order chi connectivity index (χ0) is 30.6. The number of ether oxygens (including phenoxy) is 2. The number of hydrogen-bond acceptors (Lipinski definition) is 7. The molecule has 0 saturated heterocycles. The number of aliphatic hydroxyl groups is 3. The lowest BCUT2D eigenvalue weighted by Crippen LogP contribution is -2.59. The topological polar surface area (TPSA) is 129 Å². The van der Waals surface area contributed by atoms with Crippen LogP contribution in [0.2, 0.25) is 0 Å². The fraction of sp³-hybridized carbons (Fsp3) is 0.688. The van der Waals surface area contributed by atoms with Gasteiger partial charge in [-0.15, -0.1) is 0 Å². The molecule has 4 N–H and O–H groups in total. The fourth-order valence-corrected chi connectivity index (χ4v) is 8.01. The van der Waals surface area contributed by atoms with E-state index in [1.165, 1.54) is 13.5 Å². The van der Waals surface area contributed by atoms with Gasteiger partial charge in [0.15, 0.2) is 11.5 Å². The number of unbranched alkanes of at least 4 members (excludes halogenated alkanes) is 1. The smallest absolute Gasteiger partial charge is 0.247 e. The first-order chi connectivity index (χ1) is 20.0. The minimum absolute atomic E-state index is 0.00428. The molecule has 9 nitrogen and oxygen atoms in total. The molecule has 234 valence electrons. The van der Waals surface area contributed by atoms with Crippen LogP contribution in [0.1, 0.15) is 71.3 Å². The van der Waals surface area contributed by atoms with Crippen LogP contribution in [0.4, 0.5) is 0 Å². The second-order valence-corrected chi connectivity index (χ2v) is 13.8. The third-order valence-electron chi connectivity index (χ3n) is 9.84. The zero-order valence-electron chi connectivity index (χ0n) is 25.3. The van der Waals surface area contributed by atoms with E-state index < -0.39 is 18.2 Å². The van der Waals surface area contributed by atoms with Crippen molar-refractivity contribution in [3.8, 4) is 11.5 Å². The van der Waals surface area contributed by atoms with Crippen LogP contribution < -0.4 is 14.8 Å². The lowest BCUT2D eigenvalue weighted by Gasteiger charge is -2.61. The van der Waals surface area contributed by atoms with Gasteiger partial charge in [0.2, 0.25) is 11.8 Å². The van der Waals surface area contributed by atoms with E-state index >= 15 is 0 Å². The summed E-state index contributed by atoms with van der Waals surface area (Å²) in [6.07, 6.45) is 5.22. The van der Waals surface area contributed by atoms with Crippen molar-refractivity contribution in [2.45, 2.75) is 90.6 Å². The number of rotatable bonds is 13. The van der Waals surface area contributed by atoms with Crippen molar-refractivity contribution in [2.24, 2.45) is 23.2 Å². The minimum Gasteiger partial charge on any atom is -0.493 e. The molecule has 3 saturated carbocycles. The van der Waals surface area contributed by atoms with Gasteiger partial charge in [0.05, 0.1) is 29.9 Å². The van der Waals surface area contributed by atoms with Gasteiger partial charge in [-0.3, -0.25) is 9.59 Å². The molecule has 0 aliphatic heterocycles. The number of methoxy groups -OCH3 is 1. The monoisotopic (exact) mass is 698 g/mol. The summed E-state index contributed by atoms with van der Waals surface area (Å²) >= 11 is 2.10. The third-order valence-corrected chi connectivity index (χ3v) is 10.6. The largest absolute Gasteiger partial charge is 0.493 e. The normalized spacial score (nSPS) is 27.9. The average Bonchev–Trinajstić information content (AvgIpc) is 2.99. The lowest BCUT2D eigenvalue weighted by atomic mass is 9.45. The fourth-order valence-electron chi connectivity index (χ4n) is 7.22. The Morgan fingerprint density at radius 2 is 1.98 bits per heavy atom. The molecule has 3 fully saturated rings. The highest BCUT2D eigenvalue weighted by molar-refractivity contribution is 14.1. The molecule has 0 aromatic heterocycles. The number of carbonyl (C=O) groups excluding carboxylic acids is 2. The summed E-state index contributed by atoms with van der Waals surface area (Å²) in [5.41, 5.74) is 1.32. The Kier molecular flexibility index (Phi) is 11.2. The van der Waals surface area contributed by atoms with Crippen molar-refractivity contribution in [1.82, 2.24) is 10.2 Å². The Balaban J connectivity index is 1.68.